The summed E-state index contributed by atoms with van der Waals surface area (Å²) in [4.78, 5) is 15.9. The van der Waals surface area contributed by atoms with Gasteiger partial charge in [-0.25, -0.2) is 0 Å². The van der Waals surface area contributed by atoms with Gasteiger partial charge in [0, 0.05) is 12.6 Å². The number of aliphatic hydroxyl groups excluding tert-OH is 1. The minimum absolute atomic E-state index is 0.105. The van der Waals surface area contributed by atoms with Gasteiger partial charge < -0.3 is 10.0 Å². The lowest BCUT2D eigenvalue weighted by molar-refractivity contribution is -0.128. The number of hydrogen-bond donors (Lipinski definition) is 1. The number of carbonyl (C=O) groups excluding carboxylic acids is 1. The number of aliphatic hydroxyl groups is 1. The lowest BCUT2D eigenvalue weighted by Crippen LogP contribution is -2.61. The Morgan fingerprint density at radius 1 is 1.44 bits per heavy atom. The number of benzene rings is 1. The Kier molecular flexibility index (Phi) is 3.90. The van der Waals surface area contributed by atoms with E-state index in [1.165, 1.54) is 0 Å². The van der Waals surface area contributed by atoms with Gasteiger partial charge in [0.05, 0.1) is 17.3 Å². The smallest absolute Gasteiger partial charge is 0.246 e. The van der Waals surface area contributed by atoms with Crippen molar-refractivity contribution in [1.82, 2.24) is 4.90 Å². The average Bonchev–Trinajstić information content (AvgIpc) is 2.36. The van der Waals surface area contributed by atoms with E-state index in [4.69, 9.17) is 11.6 Å². The van der Waals surface area contributed by atoms with Crippen LogP contribution in [0.15, 0.2) is 24.3 Å². The van der Waals surface area contributed by atoms with Crippen molar-refractivity contribution in [3.63, 3.8) is 0 Å². The fourth-order valence-electron chi connectivity index (χ4n) is 2.24. The van der Waals surface area contributed by atoms with Crippen LogP contribution >= 0.6 is 11.6 Å². The highest BCUT2D eigenvalue weighted by atomic mass is 35.5. The van der Waals surface area contributed by atoms with Crippen LogP contribution in [0, 0.1) is 0 Å². The largest absolute Gasteiger partial charge is 0.394 e. The van der Waals surface area contributed by atoms with Crippen LogP contribution in [0.4, 0.5) is 5.69 Å². The van der Waals surface area contributed by atoms with Gasteiger partial charge in [-0.3, -0.25) is 9.69 Å². The first-order valence-corrected chi connectivity index (χ1v) is 6.32. The lowest BCUT2D eigenvalue weighted by Gasteiger charge is -2.42. The van der Waals surface area contributed by atoms with Gasteiger partial charge >= 0.3 is 0 Å². The molecule has 2 rings (SSSR count). The molecule has 1 aromatic rings. The zero-order valence-corrected chi connectivity index (χ0v) is 11.3. The number of hydrogen-bond acceptors (Lipinski definition) is 3. The summed E-state index contributed by atoms with van der Waals surface area (Å²) in [5, 5.41) is 9.92. The molecule has 18 heavy (non-hydrogen) atoms. The molecule has 4 nitrogen and oxygen atoms in total. The summed E-state index contributed by atoms with van der Waals surface area (Å²) in [6, 6.07) is 6.96. The van der Waals surface area contributed by atoms with E-state index in [0.29, 0.717) is 17.3 Å². The fraction of sp³-hybridized carbons (Fsp3) is 0.462. The first-order valence-electron chi connectivity index (χ1n) is 5.95. The van der Waals surface area contributed by atoms with Gasteiger partial charge in [0.25, 0.3) is 0 Å². The Morgan fingerprint density at radius 2 is 2.11 bits per heavy atom. The van der Waals surface area contributed by atoms with Gasteiger partial charge in [-0.2, -0.15) is 0 Å². The van der Waals surface area contributed by atoms with Crippen molar-refractivity contribution in [2.45, 2.75) is 19.0 Å². The molecule has 1 aromatic carbocycles. The minimum atomic E-state index is -0.495. The molecule has 0 aliphatic carbocycles. The second-order valence-corrected chi connectivity index (χ2v) is 5.02. The molecule has 0 radical (unpaired) electrons. The van der Waals surface area contributed by atoms with E-state index in [-0.39, 0.29) is 18.6 Å². The Morgan fingerprint density at radius 3 is 2.72 bits per heavy atom. The summed E-state index contributed by atoms with van der Waals surface area (Å²) in [5.41, 5.74) is 0.711. The number of likely N-dealkylation sites (N-methyl/N-ethyl adjacent to an activating group) is 1. The third-order valence-electron chi connectivity index (χ3n) is 3.50. The predicted molar refractivity (Wildman–Crippen MR) is 71.9 cm³/mol. The van der Waals surface area contributed by atoms with E-state index in [1.807, 2.05) is 37.1 Å². The summed E-state index contributed by atoms with van der Waals surface area (Å²) in [7, 11) is 1.85. The average molecular weight is 269 g/mol. The minimum Gasteiger partial charge on any atom is -0.394 e. The van der Waals surface area contributed by atoms with Crippen LogP contribution < -0.4 is 4.90 Å². The summed E-state index contributed by atoms with van der Waals surface area (Å²) >= 11 is 6.13. The molecule has 0 spiro atoms. The highest BCUT2D eigenvalue weighted by molar-refractivity contribution is 6.33. The van der Waals surface area contributed by atoms with Gasteiger partial charge in [0.2, 0.25) is 5.91 Å². The van der Waals surface area contributed by atoms with E-state index in [0.717, 1.165) is 0 Å². The zero-order valence-electron chi connectivity index (χ0n) is 10.5. The van der Waals surface area contributed by atoms with E-state index in [9.17, 15) is 9.90 Å². The monoisotopic (exact) mass is 268 g/mol. The summed E-state index contributed by atoms with van der Waals surface area (Å²) < 4.78 is 0. The maximum absolute atomic E-state index is 12.3. The number of anilines is 1. The van der Waals surface area contributed by atoms with Gasteiger partial charge in [-0.15, -0.1) is 0 Å². The molecule has 0 bridgehead atoms. The molecule has 1 saturated heterocycles. The topological polar surface area (TPSA) is 43.8 Å². The number of rotatable bonds is 2. The summed E-state index contributed by atoms with van der Waals surface area (Å²) in [5.74, 6) is -0.105. The number of nitrogens with zero attached hydrogens (tertiary/aromatic N) is 2. The van der Waals surface area contributed by atoms with Crippen molar-refractivity contribution in [2.24, 2.45) is 0 Å². The first-order chi connectivity index (χ1) is 8.56. The molecule has 1 aliphatic rings. The number of halogens is 1. The molecule has 1 N–H and O–H groups in total. The normalized spacial score (nSPS) is 25.6. The second-order valence-electron chi connectivity index (χ2n) is 4.61. The standard InChI is InChI=1S/C13H17ClN2O2/c1-9-7-16(11-6-4-3-5-10(11)14)13(18)12(8-17)15(9)2/h3-6,9,12,17H,7-8H2,1-2H3. The highest BCUT2D eigenvalue weighted by Crippen LogP contribution is 2.29. The maximum Gasteiger partial charge on any atom is 0.246 e. The third-order valence-corrected chi connectivity index (χ3v) is 3.82. The van der Waals surface area contributed by atoms with Gasteiger partial charge in [-0.1, -0.05) is 23.7 Å². The zero-order chi connectivity index (χ0) is 13.3. The molecular formula is C13H17ClN2O2. The van der Waals surface area contributed by atoms with Gasteiger partial charge in [0.15, 0.2) is 0 Å². The van der Waals surface area contributed by atoms with Crippen molar-refractivity contribution in [1.29, 1.82) is 0 Å². The third kappa shape index (κ3) is 2.23. The van der Waals surface area contributed by atoms with E-state index in [2.05, 4.69) is 0 Å². The molecule has 0 saturated carbocycles. The Balaban J connectivity index is 2.34. The van der Waals surface area contributed by atoms with Gasteiger partial charge in [0.1, 0.15) is 6.04 Å². The number of para-hydroxylation sites is 1. The molecule has 1 fully saturated rings. The molecule has 5 heteroatoms. The lowest BCUT2D eigenvalue weighted by atomic mass is 10.1. The van der Waals surface area contributed by atoms with E-state index < -0.39 is 6.04 Å². The molecule has 98 valence electrons. The van der Waals surface area contributed by atoms with E-state index in [1.54, 1.807) is 11.0 Å². The molecule has 1 aliphatic heterocycles. The van der Waals surface area contributed by atoms with E-state index >= 15 is 0 Å². The van der Waals surface area contributed by atoms with Crippen LogP contribution in [0.5, 0.6) is 0 Å². The van der Waals surface area contributed by atoms with Crippen molar-refractivity contribution >= 4 is 23.2 Å². The molecule has 1 heterocycles. The Labute approximate surface area is 112 Å². The fourth-order valence-corrected chi connectivity index (χ4v) is 2.48. The molecule has 1 amide bonds. The maximum atomic E-state index is 12.3. The van der Waals surface area contributed by atoms with Gasteiger partial charge in [-0.05, 0) is 26.1 Å². The van der Waals surface area contributed by atoms with Crippen LogP contribution in [-0.4, -0.2) is 48.2 Å². The SMILES string of the molecule is CC1CN(c2ccccc2Cl)C(=O)C(CO)N1C. The van der Waals surface area contributed by atoms with Crippen LogP contribution in [0.25, 0.3) is 0 Å². The molecular weight excluding hydrogens is 252 g/mol. The van der Waals surface area contributed by atoms with Crippen LogP contribution in [0.3, 0.4) is 0 Å². The number of amides is 1. The highest BCUT2D eigenvalue weighted by Gasteiger charge is 2.37. The first kappa shape index (κ1) is 13.3. The van der Waals surface area contributed by atoms with Crippen LogP contribution in [0.1, 0.15) is 6.92 Å². The molecule has 0 aromatic heterocycles. The van der Waals surface area contributed by atoms with Crippen molar-refractivity contribution in [2.75, 3.05) is 25.1 Å². The Bertz CT molecular complexity index is 452. The summed E-state index contributed by atoms with van der Waals surface area (Å²) in [6.07, 6.45) is 0. The van der Waals surface area contributed by atoms with Crippen molar-refractivity contribution in [3.05, 3.63) is 29.3 Å². The number of carbonyl (C=O) groups is 1. The quantitative estimate of drug-likeness (QED) is 0.881. The summed E-state index contributed by atoms with van der Waals surface area (Å²) in [6.45, 7) is 2.43. The molecule has 2 atom stereocenters. The Hall–Kier alpha value is -1.10. The van der Waals surface area contributed by atoms with Crippen LogP contribution in [-0.2, 0) is 4.79 Å². The van der Waals surface area contributed by atoms with Crippen molar-refractivity contribution < 1.29 is 9.90 Å². The van der Waals surface area contributed by atoms with Crippen LogP contribution in [0.2, 0.25) is 5.02 Å². The van der Waals surface area contributed by atoms with Crippen molar-refractivity contribution in [3.8, 4) is 0 Å². The second kappa shape index (κ2) is 5.26. The number of piperazine rings is 1. The predicted octanol–water partition coefficient (Wildman–Crippen LogP) is 1.37. The molecule has 2 unspecified atom stereocenters.